The van der Waals surface area contributed by atoms with E-state index in [1.165, 1.54) is 19.2 Å². The first-order valence-corrected chi connectivity index (χ1v) is 7.60. The monoisotopic (exact) mass is 307 g/mol. The van der Waals surface area contributed by atoms with Gasteiger partial charge in [-0.3, -0.25) is 0 Å². The molecule has 0 aliphatic heterocycles. The van der Waals surface area contributed by atoms with Crippen molar-refractivity contribution in [2.75, 3.05) is 20.3 Å². The Morgan fingerprint density at radius 2 is 2.05 bits per heavy atom. The number of ether oxygens (including phenoxy) is 1. The van der Waals surface area contributed by atoms with E-state index in [9.17, 15) is 13.5 Å². The zero-order valence-electron chi connectivity index (χ0n) is 10.9. The number of halogens is 1. The average Bonchev–Trinajstić information content (AvgIpc) is 2.35. The summed E-state index contributed by atoms with van der Waals surface area (Å²) in [5.74, 6) is 0. The topological polar surface area (TPSA) is 75.6 Å². The summed E-state index contributed by atoms with van der Waals surface area (Å²) >= 11 is 5.84. The highest BCUT2D eigenvalue weighted by Crippen LogP contribution is 2.20. The molecule has 0 bridgehead atoms. The third kappa shape index (κ3) is 5.08. The van der Waals surface area contributed by atoms with Crippen LogP contribution in [0.5, 0.6) is 0 Å². The van der Waals surface area contributed by atoms with Gasteiger partial charge < -0.3 is 9.84 Å². The molecule has 1 rings (SSSR count). The van der Waals surface area contributed by atoms with Crippen LogP contribution in [-0.2, 0) is 14.8 Å². The van der Waals surface area contributed by atoms with Crippen LogP contribution < -0.4 is 4.72 Å². The van der Waals surface area contributed by atoms with Crippen molar-refractivity contribution < 1.29 is 18.3 Å². The number of nitrogens with one attached hydrogen (secondary N) is 1. The van der Waals surface area contributed by atoms with Gasteiger partial charge in [-0.1, -0.05) is 23.7 Å². The van der Waals surface area contributed by atoms with Gasteiger partial charge in [-0.05, 0) is 19.1 Å². The fourth-order valence-corrected chi connectivity index (χ4v) is 3.08. The number of aliphatic hydroxyl groups is 1. The molecule has 0 aromatic heterocycles. The van der Waals surface area contributed by atoms with Crippen LogP contribution in [0.4, 0.5) is 0 Å². The van der Waals surface area contributed by atoms with Gasteiger partial charge in [0, 0.05) is 26.7 Å². The maximum atomic E-state index is 12.0. The Bertz CT molecular complexity index is 516. The summed E-state index contributed by atoms with van der Waals surface area (Å²) in [6.07, 6.45) is 0.328. The van der Waals surface area contributed by atoms with Crippen molar-refractivity contribution >= 4 is 21.6 Å². The molecule has 5 nitrogen and oxygen atoms in total. The Morgan fingerprint density at radius 1 is 1.42 bits per heavy atom. The lowest BCUT2D eigenvalue weighted by Gasteiger charge is -2.23. The van der Waals surface area contributed by atoms with E-state index in [4.69, 9.17) is 16.3 Å². The van der Waals surface area contributed by atoms with E-state index in [1.807, 2.05) is 0 Å². The molecule has 0 spiro atoms. The van der Waals surface area contributed by atoms with E-state index < -0.39 is 15.6 Å². The summed E-state index contributed by atoms with van der Waals surface area (Å²) in [4.78, 5) is -0.000733. The molecular formula is C12H18ClNO4S. The van der Waals surface area contributed by atoms with E-state index in [1.54, 1.807) is 19.1 Å². The van der Waals surface area contributed by atoms with Crippen molar-refractivity contribution in [3.8, 4) is 0 Å². The molecule has 0 aliphatic carbocycles. The SMILES string of the molecule is COCCC(C)(O)CNS(=O)(=O)c1ccccc1Cl. The van der Waals surface area contributed by atoms with Crippen molar-refractivity contribution in [3.63, 3.8) is 0 Å². The highest BCUT2D eigenvalue weighted by atomic mass is 35.5. The van der Waals surface area contributed by atoms with E-state index in [0.29, 0.717) is 13.0 Å². The molecule has 0 heterocycles. The fraction of sp³-hybridized carbons (Fsp3) is 0.500. The summed E-state index contributed by atoms with van der Waals surface area (Å²) in [5.41, 5.74) is -1.18. The smallest absolute Gasteiger partial charge is 0.242 e. The molecular weight excluding hydrogens is 290 g/mol. The standard InChI is InChI=1S/C12H18ClNO4S/c1-12(15,7-8-18-2)9-14-19(16,17)11-6-4-3-5-10(11)13/h3-6,14-15H,7-9H2,1-2H3. The lowest BCUT2D eigenvalue weighted by molar-refractivity contribution is 0.0292. The second-order valence-electron chi connectivity index (χ2n) is 4.49. The Balaban J connectivity index is 2.74. The first-order valence-electron chi connectivity index (χ1n) is 5.74. The molecule has 0 aliphatic rings. The molecule has 1 aromatic carbocycles. The van der Waals surface area contributed by atoms with Crippen LogP contribution in [0.25, 0.3) is 0 Å². The molecule has 0 radical (unpaired) electrons. The molecule has 0 amide bonds. The minimum Gasteiger partial charge on any atom is -0.389 e. The first-order chi connectivity index (χ1) is 8.78. The average molecular weight is 308 g/mol. The lowest BCUT2D eigenvalue weighted by Crippen LogP contribution is -2.41. The maximum absolute atomic E-state index is 12.0. The molecule has 0 saturated heterocycles. The van der Waals surface area contributed by atoms with Gasteiger partial charge >= 0.3 is 0 Å². The number of benzene rings is 1. The molecule has 0 saturated carbocycles. The van der Waals surface area contributed by atoms with Gasteiger partial charge in [-0.25, -0.2) is 13.1 Å². The molecule has 2 N–H and O–H groups in total. The third-order valence-corrected chi connectivity index (χ3v) is 4.52. The Morgan fingerprint density at radius 3 is 2.63 bits per heavy atom. The van der Waals surface area contributed by atoms with Crippen molar-refractivity contribution in [3.05, 3.63) is 29.3 Å². The van der Waals surface area contributed by atoms with Crippen LogP contribution in [0, 0.1) is 0 Å². The minimum absolute atomic E-state index is 0.000733. The predicted molar refractivity (Wildman–Crippen MR) is 73.8 cm³/mol. The molecule has 108 valence electrons. The largest absolute Gasteiger partial charge is 0.389 e. The number of hydrogen-bond acceptors (Lipinski definition) is 4. The Labute approximate surface area is 118 Å². The quantitative estimate of drug-likeness (QED) is 0.798. The van der Waals surface area contributed by atoms with Crippen LogP contribution in [0.1, 0.15) is 13.3 Å². The number of rotatable bonds is 7. The summed E-state index contributed by atoms with van der Waals surface area (Å²) in [6, 6.07) is 6.15. The van der Waals surface area contributed by atoms with Gasteiger partial charge in [0.25, 0.3) is 0 Å². The maximum Gasteiger partial charge on any atom is 0.242 e. The van der Waals surface area contributed by atoms with Gasteiger partial charge in [0.1, 0.15) is 4.90 Å². The summed E-state index contributed by atoms with van der Waals surface area (Å²) in [7, 11) is -2.21. The number of hydrogen-bond donors (Lipinski definition) is 2. The summed E-state index contributed by atoms with van der Waals surface area (Å²) in [6.45, 7) is 1.78. The summed E-state index contributed by atoms with van der Waals surface area (Å²) < 4.78 is 31.3. The van der Waals surface area contributed by atoms with Crippen molar-refractivity contribution in [2.45, 2.75) is 23.8 Å². The van der Waals surface area contributed by atoms with Crippen LogP contribution in [0.2, 0.25) is 5.02 Å². The van der Waals surface area contributed by atoms with E-state index in [0.717, 1.165) is 0 Å². The minimum atomic E-state index is -3.73. The van der Waals surface area contributed by atoms with Crippen molar-refractivity contribution in [1.29, 1.82) is 0 Å². The molecule has 0 fully saturated rings. The van der Waals surface area contributed by atoms with Crippen LogP contribution in [-0.4, -0.2) is 39.4 Å². The van der Waals surface area contributed by atoms with E-state index in [2.05, 4.69) is 4.72 Å². The van der Waals surface area contributed by atoms with Gasteiger partial charge in [-0.15, -0.1) is 0 Å². The Hall–Kier alpha value is -0.660. The van der Waals surface area contributed by atoms with Crippen LogP contribution in [0.15, 0.2) is 29.2 Å². The predicted octanol–water partition coefficient (Wildman–Crippen LogP) is 1.41. The highest BCUT2D eigenvalue weighted by molar-refractivity contribution is 7.89. The van der Waals surface area contributed by atoms with Gasteiger partial charge in [-0.2, -0.15) is 0 Å². The van der Waals surface area contributed by atoms with Crippen LogP contribution in [0.3, 0.4) is 0 Å². The Kier molecular flexibility index (Phi) is 5.76. The van der Waals surface area contributed by atoms with E-state index in [-0.39, 0.29) is 16.5 Å². The zero-order valence-corrected chi connectivity index (χ0v) is 12.5. The van der Waals surface area contributed by atoms with Gasteiger partial charge in [0.05, 0.1) is 10.6 Å². The zero-order chi connectivity index (χ0) is 14.5. The van der Waals surface area contributed by atoms with Crippen LogP contribution >= 0.6 is 11.6 Å². The van der Waals surface area contributed by atoms with Crippen molar-refractivity contribution in [2.24, 2.45) is 0 Å². The van der Waals surface area contributed by atoms with E-state index >= 15 is 0 Å². The molecule has 1 atom stereocenters. The van der Waals surface area contributed by atoms with Crippen molar-refractivity contribution in [1.82, 2.24) is 4.72 Å². The molecule has 1 unspecified atom stereocenters. The molecule has 19 heavy (non-hydrogen) atoms. The first kappa shape index (κ1) is 16.4. The normalized spacial score (nSPS) is 15.2. The lowest BCUT2D eigenvalue weighted by atomic mass is 10.0. The third-order valence-electron chi connectivity index (χ3n) is 2.61. The molecule has 1 aromatic rings. The second kappa shape index (κ2) is 6.67. The fourth-order valence-electron chi connectivity index (χ4n) is 1.40. The van der Waals surface area contributed by atoms with Gasteiger partial charge in [0.15, 0.2) is 0 Å². The summed E-state index contributed by atoms with van der Waals surface area (Å²) in [5, 5.41) is 10.1. The highest BCUT2D eigenvalue weighted by Gasteiger charge is 2.25. The van der Waals surface area contributed by atoms with Gasteiger partial charge in [0.2, 0.25) is 10.0 Å². The second-order valence-corrected chi connectivity index (χ2v) is 6.64. The number of methoxy groups -OCH3 is 1. The molecule has 7 heteroatoms. The number of sulfonamides is 1.